The van der Waals surface area contributed by atoms with E-state index in [4.69, 9.17) is 17.0 Å². The molecule has 1 heterocycles. The summed E-state index contributed by atoms with van der Waals surface area (Å²) in [6, 6.07) is 0. The zero-order chi connectivity index (χ0) is 13.8. The van der Waals surface area contributed by atoms with Crippen LogP contribution in [-0.4, -0.2) is 22.8 Å². The third-order valence-corrected chi connectivity index (χ3v) is 3.71. The summed E-state index contributed by atoms with van der Waals surface area (Å²) >= 11 is 5.30. The van der Waals surface area contributed by atoms with Gasteiger partial charge < -0.3 is 9.72 Å². The maximum absolute atomic E-state index is 12.4. The summed E-state index contributed by atoms with van der Waals surface area (Å²) in [5, 5.41) is 1.69. The van der Waals surface area contributed by atoms with Gasteiger partial charge in [0.2, 0.25) is 0 Å². The molecule has 1 aromatic heterocycles. The van der Waals surface area contributed by atoms with E-state index in [0.717, 1.165) is 29.8 Å². The van der Waals surface area contributed by atoms with Crippen LogP contribution in [0.4, 0.5) is 0 Å². The van der Waals surface area contributed by atoms with E-state index in [-0.39, 0.29) is 5.56 Å². The molecule has 0 spiro atoms. The van der Waals surface area contributed by atoms with Crippen molar-refractivity contribution in [1.29, 1.82) is 0 Å². The molecule has 0 saturated carbocycles. The fourth-order valence-corrected chi connectivity index (χ4v) is 2.62. The molecule has 1 aliphatic rings. The van der Waals surface area contributed by atoms with Gasteiger partial charge >= 0.3 is 0 Å². The smallest absolute Gasteiger partial charge is 0.261 e. The molecule has 0 bridgehead atoms. The van der Waals surface area contributed by atoms with Gasteiger partial charge in [-0.25, -0.2) is 0 Å². The minimum atomic E-state index is 0.0225. The number of rotatable bonds is 5. The average molecular weight is 280 g/mol. The topological polar surface area (TPSA) is 47.0 Å². The lowest BCUT2D eigenvalue weighted by atomic mass is 10.1. The molecule has 5 heteroatoms. The molecule has 4 nitrogen and oxygen atoms in total. The summed E-state index contributed by atoms with van der Waals surface area (Å²) in [5.74, 6) is 0. The minimum Gasteiger partial charge on any atom is -0.382 e. The van der Waals surface area contributed by atoms with Gasteiger partial charge in [-0.05, 0) is 50.9 Å². The van der Waals surface area contributed by atoms with Crippen molar-refractivity contribution in [3.8, 4) is 0 Å². The van der Waals surface area contributed by atoms with Crippen LogP contribution in [0.15, 0.2) is 4.79 Å². The van der Waals surface area contributed by atoms with E-state index < -0.39 is 0 Å². The average Bonchev–Trinajstić information content (AvgIpc) is 2.39. The molecule has 0 unspecified atom stereocenters. The molecule has 0 aromatic carbocycles. The Hall–Kier alpha value is -1.20. The number of fused-ring (bicyclic) bond motifs is 1. The number of nitrogens with one attached hydrogen (secondary N) is 1. The second-order valence-electron chi connectivity index (χ2n) is 4.75. The predicted octanol–water partition coefficient (Wildman–Crippen LogP) is 1.08. The first-order valence-electron chi connectivity index (χ1n) is 6.76. The zero-order valence-corrected chi connectivity index (χ0v) is 12.3. The highest BCUT2D eigenvalue weighted by Crippen LogP contribution is 2.04. The van der Waals surface area contributed by atoms with Crippen molar-refractivity contribution in [3.63, 3.8) is 0 Å². The van der Waals surface area contributed by atoms with Gasteiger partial charge in [0.25, 0.3) is 5.56 Å². The van der Waals surface area contributed by atoms with Crippen molar-refractivity contribution in [2.75, 3.05) is 13.2 Å². The van der Waals surface area contributed by atoms with E-state index in [1.165, 1.54) is 5.57 Å². The molecule has 0 aliphatic heterocycles. The Bertz CT molecular complexity index is 685. The highest BCUT2D eigenvalue weighted by atomic mass is 32.1. The molecule has 0 radical (unpaired) electrons. The summed E-state index contributed by atoms with van der Waals surface area (Å²) in [6.07, 6.45) is 4.73. The molecule has 1 N–H and O–H groups in total. The maximum Gasteiger partial charge on any atom is 0.261 e. The normalized spacial score (nSPS) is 14.1. The second-order valence-corrected chi connectivity index (χ2v) is 5.14. The van der Waals surface area contributed by atoms with Crippen molar-refractivity contribution in [2.24, 2.45) is 0 Å². The van der Waals surface area contributed by atoms with Gasteiger partial charge in [-0.3, -0.25) is 9.36 Å². The molecule has 104 valence electrons. The first-order valence-corrected chi connectivity index (χ1v) is 7.16. The lowest BCUT2D eigenvalue weighted by Crippen LogP contribution is -2.49. The van der Waals surface area contributed by atoms with E-state index in [2.05, 4.69) is 11.9 Å². The van der Waals surface area contributed by atoms with Crippen LogP contribution < -0.4 is 16.1 Å². The Morgan fingerprint density at radius 2 is 2.32 bits per heavy atom. The number of aromatic amines is 1. The Balaban J connectivity index is 2.41. The van der Waals surface area contributed by atoms with Crippen LogP contribution in [0.25, 0.3) is 11.6 Å². The lowest BCUT2D eigenvalue weighted by Gasteiger charge is -2.10. The first kappa shape index (κ1) is 14.2. The molecule has 0 amide bonds. The number of hydrogen-bond donors (Lipinski definition) is 1. The summed E-state index contributed by atoms with van der Waals surface area (Å²) in [5.41, 5.74) is 1.23. The Morgan fingerprint density at radius 1 is 1.53 bits per heavy atom. The Morgan fingerprint density at radius 3 is 3.05 bits per heavy atom. The third kappa shape index (κ3) is 3.04. The van der Waals surface area contributed by atoms with Gasteiger partial charge in [-0.15, -0.1) is 0 Å². The Kier molecular flexibility index (Phi) is 4.71. The van der Waals surface area contributed by atoms with Crippen LogP contribution in [0.1, 0.15) is 33.1 Å². The van der Waals surface area contributed by atoms with E-state index in [0.29, 0.717) is 24.5 Å². The monoisotopic (exact) mass is 280 g/mol. The van der Waals surface area contributed by atoms with Crippen molar-refractivity contribution in [1.82, 2.24) is 9.55 Å². The van der Waals surface area contributed by atoms with Gasteiger partial charge in [0.15, 0.2) is 4.77 Å². The SMILES string of the molecule is CCOCCCn1c(=S)[nH]c2c(c1=O)=CCCC=2C. The van der Waals surface area contributed by atoms with E-state index in [9.17, 15) is 4.79 Å². The van der Waals surface area contributed by atoms with Gasteiger partial charge in [0.05, 0.1) is 10.6 Å². The van der Waals surface area contributed by atoms with E-state index in [1.54, 1.807) is 4.57 Å². The van der Waals surface area contributed by atoms with E-state index in [1.807, 2.05) is 13.0 Å². The second kappa shape index (κ2) is 6.30. The number of H-pyrrole nitrogens is 1. The van der Waals surface area contributed by atoms with Crippen LogP contribution in [0.3, 0.4) is 0 Å². The molecule has 0 fully saturated rings. The zero-order valence-electron chi connectivity index (χ0n) is 11.5. The number of aromatic nitrogens is 2. The first-order chi connectivity index (χ1) is 9.15. The molecule has 0 atom stereocenters. The standard InChI is InChI=1S/C14H20N2O2S/c1-3-18-9-5-8-16-13(17)11-7-4-6-10(2)12(11)15-14(16)19/h7H,3-6,8-9H2,1-2H3,(H,15,19). The highest BCUT2D eigenvalue weighted by Gasteiger charge is 2.07. The fraction of sp³-hybridized carbons (Fsp3) is 0.571. The number of nitrogens with zero attached hydrogens (tertiary/aromatic N) is 1. The largest absolute Gasteiger partial charge is 0.382 e. The molecular formula is C14H20N2O2S. The van der Waals surface area contributed by atoms with Crippen LogP contribution in [0, 0.1) is 4.77 Å². The molecule has 1 aromatic rings. The summed E-state index contributed by atoms with van der Waals surface area (Å²) in [7, 11) is 0. The third-order valence-electron chi connectivity index (χ3n) is 3.39. The summed E-state index contributed by atoms with van der Waals surface area (Å²) < 4.78 is 7.44. The van der Waals surface area contributed by atoms with Crippen LogP contribution in [0.5, 0.6) is 0 Å². The van der Waals surface area contributed by atoms with Crippen LogP contribution >= 0.6 is 12.2 Å². The van der Waals surface area contributed by atoms with Gasteiger partial charge in [0.1, 0.15) is 0 Å². The lowest BCUT2D eigenvalue weighted by molar-refractivity contribution is 0.141. The van der Waals surface area contributed by atoms with Gasteiger partial charge in [-0.1, -0.05) is 6.08 Å². The van der Waals surface area contributed by atoms with Gasteiger partial charge in [0, 0.05) is 19.8 Å². The van der Waals surface area contributed by atoms with Crippen molar-refractivity contribution in [2.45, 2.75) is 39.7 Å². The van der Waals surface area contributed by atoms with E-state index >= 15 is 0 Å². The quantitative estimate of drug-likeness (QED) is 0.648. The summed E-state index contributed by atoms with van der Waals surface area (Å²) in [6.45, 7) is 5.98. The molecule has 1 aliphatic carbocycles. The van der Waals surface area contributed by atoms with Crippen molar-refractivity contribution < 1.29 is 4.74 Å². The molecular weight excluding hydrogens is 260 g/mol. The maximum atomic E-state index is 12.4. The molecule has 0 saturated heterocycles. The number of ether oxygens (including phenoxy) is 1. The fourth-order valence-electron chi connectivity index (χ4n) is 2.34. The molecule has 19 heavy (non-hydrogen) atoms. The van der Waals surface area contributed by atoms with Crippen LogP contribution in [0.2, 0.25) is 0 Å². The number of hydrogen-bond acceptors (Lipinski definition) is 3. The van der Waals surface area contributed by atoms with Crippen LogP contribution in [-0.2, 0) is 11.3 Å². The van der Waals surface area contributed by atoms with Crippen molar-refractivity contribution in [3.05, 3.63) is 25.7 Å². The summed E-state index contributed by atoms with van der Waals surface area (Å²) in [4.78, 5) is 15.6. The highest BCUT2D eigenvalue weighted by molar-refractivity contribution is 7.71. The minimum absolute atomic E-state index is 0.0225. The Labute approximate surface area is 117 Å². The van der Waals surface area contributed by atoms with Crippen molar-refractivity contribution >= 4 is 23.9 Å². The predicted molar refractivity (Wildman–Crippen MR) is 79.0 cm³/mol. The molecule has 2 rings (SSSR count). The van der Waals surface area contributed by atoms with Gasteiger partial charge in [-0.2, -0.15) is 0 Å².